The number of hydroxylamine groups is 2. The lowest BCUT2D eigenvalue weighted by Crippen LogP contribution is -2.54. The first-order valence-corrected chi connectivity index (χ1v) is 8.38. The van der Waals surface area contributed by atoms with Crippen LogP contribution in [0.1, 0.15) is 13.8 Å². The van der Waals surface area contributed by atoms with Crippen LogP contribution in [0.5, 0.6) is 0 Å². The van der Waals surface area contributed by atoms with Crippen LogP contribution >= 0.6 is 24.4 Å². The Bertz CT molecular complexity index is 500. The van der Waals surface area contributed by atoms with E-state index < -0.39 is 0 Å². The van der Waals surface area contributed by atoms with Crippen LogP contribution < -0.4 is 0 Å². The van der Waals surface area contributed by atoms with E-state index in [1.165, 1.54) is 24.4 Å². The maximum absolute atomic E-state index is 5.86. The van der Waals surface area contributed by atoms with E-state index in [9.17, 15) is 0 Å². The van der Waals surface area contributed by atoms with Gasteiger partial charge >= 0.3 is 6.02 Å². The summed E-state index contributed by atoms with van der Waals surface area (Å²) in [7, 11) is 3.88. The molecule has 1 aromatic heterocycles. The van der Waals surface area contributed by atoms with E-state index in [2.05, 4.69) is 32.6 Å². The minimum Gasteiger partial charge on any atom is -0.368 e. The summed E-state index contributed by atoms with van der Waals surface area (Å²) in [5.74, 6) is 0. The molecule has 0 saturated carbocycles. The molecule has 22 heavy (non-hydrogen) atoms. The Balaban J connectivity index is 2.15. The van der Waals surface area contributed by atoms with Gasteiger partial charge in [-0.05, 0) is 32.7 Å². The van der Waals surface area contributed by atoms with E-state index in [1.54, 1.807) is 0 Å². The van der Waals surface area contributed by atoms with Crippen LogP contribution in [0.2, 0.25) is 0 Å². The second-order valence-electron chi connectivity index (χ2n) is 4.60. The molecule has 1 aliphatic heterocycles. The molecule has 8 nitrogen and oxygen atoms in total. The van der Waals surface area contributed by atoms with Gasteiger partial charge in [0.15, 0.2) is 10.7 Å². The molecule has 1 aromatic rings. The summed E-state index contributed by atoms with van der Waals surface area (Å²) in [6.07, 6.45) is 2.97. The lowest BCUT2D eigenvalue weighted by Gasteiger charge is -2.41. The zero-order valence-electron chi connectivity index (χ0n) is 13.1. The molecule has 0 radical (unpaired) electrons. The lowest BCUT2D eigenvalue weighted by molar-refractivity contribution is -0.0842. The van der Waals surface area contributed by atoms with Crippen molar-refractivity contribution in [3.8, 4) is 0 Å². The normalized spacial score (nSPS) is 22.8. The van der Waals surface area contributed by atoms with Crippen LogP contribution in [0.3, 0.4) is 0 Å². The van der Waals surface area contributed by atoms with E-state index in [1.807, 2.05) is 42.8 Å². The molecular weight excluding hydrogens is 322 g/mol. The monoisotopic (exact) mass is 343 g/mol. The molecule has 0 N–H and O–H groups in total. The van der Waals surface area contributed by atoms with E-state index >= 15 is 0 Å². The Labute approximate surface area is 140 Å². The zero-order valence-corrected chi connectivity index (χ0v) is 14.8. The number of nitrogens with zero attached hydrogens (tertiary/aromatic N) is 7. The highest BCUT2D eigenvalue weighted by Gasteiger charge is 2.34. The zero-order chi connectivity index (χ0) is 16.1. The summed E-state index contributed by atoms with van der Waals surface area (Å²) < 4.78 is 0. The van der Waals surface area contributed by atoms with Gasteiger partial charge in [-0.1, -0.05) is 0 Å². The largest absolute Gasteiger partial charge is 0.368 e. The smallest absolute Gasteiger partial charge is 0.311 e. The summed E-state index contributed by atoms with van der Waals surface area (Å²) in [5.41, 5.74) is -0.367. The van der Waals surface area contributed by atoms with Crippen LogP contribution in [-0.4, -0.2) is 74.0 Å². The molecular formula is C12H21N7OS2. The molecule has 0 saturated heterocycles. The third-order valence-electron chi connectivity index (χ3n) is 3.17. The van der Waals surface area contributed by atoms with E-state index in [-0.39, 0.29) is 11.0 Å². The van der Waals surface area contributed by atoms with Gasteiger partial charge in [-0.25, -0.2) is 24.8 Å². The minimum absolute atomic E-state index is 0.0760. The van der Waals surface area contributed by atoms with Crippen LogP contribution in [0.4, 0.5) is 0 Å². The van der Waals surface area contributed by atoms with E-state index in [4.69, 9.17) is 4.84 Å². The van der Waals surface area contributed by atoms with Crippen molar-refractivity contribution in [3.05, 3.63) is 12.7 Å². The first-order chi connectivity index (χ1) is 10.6. The molecule has 0 amide bonds. The lowest BCUT2D eigenvalue weighted by atomic mass is 10.6. The fourth-order valence-electron chi connectivity index (χ4n) is 1.86. The Morgan fingerprint density at radius 1 is 1.27 bits per heavy atom. The summed E-state index contributed by atoms with van der Waals surface area (Å²) in [6, 6.07) is 0.536. The molecule has 1 aliphatic rings. The van der Waals surface area contributed by atoms with Gasteiger partial charge < -0.3 is 9.74 Å². The van der Waals surface area contributed by atoms with Crippen LogP contribution in [0.15, 0.2) is 22.8 Å². The van der Waals surface area contributed by atoms with Crippen molar-refractivity contribution in [2.24, 2.45) is 4.99 Å². The number of aromatic nitrogens is 3. The topological polar surface area (TPSA) is 70.0 Å². The first-order valence-electron chi connectivity index (χ1n) is 6.99. The van der Waals surface area contributed by atoms with Crippen molar-refractivity contribution >= 4 is 30.4 Å². The van der Waals surface area contributed by atoms with Crippen molar-refractivity contribution in [1.82, 2.24) is 29.8 Å². The minimum atomic E-state index is -0.291. The number of rotatable bonds is 5. The molecule has 2 rings (SSSR count). The number of thiol groups is 1. The van der Waals surface area contributed by atoms with Gasteiger partial charge in [0.1, 0.15) is 18.2 Å². The molecule has 2 atom stereocenters. The molecule has 0 fully saturated rings. The highest BCUT2D eigenvalue weighted by atomic mass is 32.2. The Morgan fingerprint density at radius 2 is 1.91 bits per heavy atom. The molecule has 2 heterocycles. The number of aliphatic imine (C=N–C) groups is 1. The Kier molecular flexibility index (Phi) is 6.24. The molecule has 122 valence electrons. The average molecular weight is 343 g/mol. The maximum Gasteiger partial charge on any atom is 0.311 e. The van der Waals surface area contributed by atoms with Gasteiger partial charge in [0, 0.05) is 20.1 Å². The molecule has 0 spiro atoms. The standard InChI is InChI=1S/C12H21N7OS2/c1-5-19(6-2)20-10-16-11(21)18(4)12(17(10)3)22-9-14-7-13-8-15-9/h7-8,11-12,21H,5-6H2,1-4H3. The second-order valence-corrected chi connectivity index (χ2v) is 6.09. The fraction of sp³-hybridized carbons (Fsp3) is 0.667. The van der Waals surface area contributed by atoms with Gasteiger partial charge in [0.05, 0.1) is 0 Å². The van der Waals surface area contributed by atoms with Crippen molar-refractivity contribution in [1.29, 1.82) is 0 Å². The summed E-state index contributed by atoms with van der Waals surface area (Å²) >= 11 is 6.00. The average Bonchev–Trinajstić information content (AvgIpc) is 2.54. The maximum atomic E-state index is 5.86. The quantitative estimate of drug-likeness (QED) is 0.626. The highest BCUT2D eigenvalue weighted by molar-refractivity contribution is 7.99. The third-order valence-corrected chi connectivity index (χ3v) is 4.93. The first kappa shape index (κ1) is 17.3. The van der Waals surface area contributed by atoms with Crippen LogP contribution in [0.25, 0.3) is 0 Å². The van der Waals surface area contributed by atoms with Crippen molar-refractivity contribution in [3.63, 3.8) is 0 Å². The molecule has 10 heteroatoms. The summed E-state index contributed by atoms with van der Waals surface area (Å²) in [4.78, 5) is 26.4. The SMILES string of the molecule is CCN(CC)OC1=NC(S)N(C)C(Sc2ncncn2)N1C. The van der Waals surface area contributed by atoms with Crippen LogP contribution in [0, 0.1) is 0 Å². The Hall–Kier alpha value is -1.10. The molecule has 0 aromatic carbocycles. The molecule has 2 unspecified atom stereocenters. The number of hydrogen-bond acceptors (Lipinski definition) is 10. The van der Waals surface area contributed by atoms with Crippen molar-refractivity contribution in [2.45, 2.75) is 30.0 Å². The number of hydrogen-bond donors (Lipinski definition) is 1. The van der Waals surface area contributed by atoms with Gasteiger partial charge in [0.2, 0.25) is 0 Å². The second kappa shape index (κ2) is 7.95. The van der Waals surface area contributed by atoms with Gasteiger partial charge in [-0.15, -0.1) is 17.7 Å². The van der Waals surface area contributed by atoms with E-state index in [0.717, 1.165) is 13.1 Å². The van der Waals surface area contributed by atoms with Gasteiger partial charge in [-0.2, -0.15) is 0 Å². The molecule has 0 aliphatic carbocycles. The predicted octanol–water partition coefficient (Wildman–Crippen LogP) is 0.967. The summed E-state index contributed by atoms with van der Waals surface area (Å²) in [6.45, 7) is 5.63. The van der Waals surface area contributed by atoms with Gasteiger partial charge in [-0.3, -0.25) is 0 Å². The van der Waals surface area contributed by atoms with E-state index in [0.29, 0.717) is 11.2 Å². The third kappa shape index (κ3) is 4.00. The Morgan fingerprint density at radius 3 is 2.50 bits per heavy atom. The highest BCUT2D eigenvalue weighted by Crippen LogP contribution is 2.29. The van der Waals surface area contributed by atoms with Crippen molar-refractivity contribution in [2.75, 3.05) is 27.2 Å². The predicted molar refractivity (Wildman–Crippen MR) is 89.2 cm³/mol. The number of amidine groups is 1. The van der Waals surface area contributed by atoms with Crippen molar-refractivity contribution < 1.29 is 4.84 Å². The van der Waals surface area contributed by atoms with Gasteiger partial charge in [0.25, 0.3) is 0 Å². The van der Waals surface area contributed by atoms with Crippen LogP contribution in [-0.2, 0) is 4.84 Å². The molecule has 0 bridgehead atoms. The number of thioether (sulfide) groups is 1. The summed E-state index contributed by atoms with van der Waals surface area (Å²) in [5, 5.41) is 2.48. The fourth-order valence-corrected chi connectivity index (χ4v) is 3.11.